The van der Waals surface area contributed by atoms with E-state index in [1.165, 1.54) is 12.1 Å². The molecule has 0 saturated heterocycles. The summed E-state index contributed by atoms with van der Waals surface area (Å²) in [5, 5.41) is 19.9. The maximum absolute atomic E-state index is 13.0. The first-order valence-electron chi connectivity index (χ1n) is 10.2. The second kappa shape index (κ2) is 11.0. The van der Waals surface area contributed by atoms with Crippen molar-refractivity contribution in [2.24, 2.45) is 10.9 Å². The van der Waals surface area contributed by atoms with Crippen LogP contribution in [0, 0.1) is 11.7 Å². The second-order valence-corrected chi connectivity index (χ2v) is 7.66. The summed E-state index contributed by atoms with van der Waals surface area (Å²) in [5.74, 6) is 0.429. The molecule has 156 valence electrons. The summed E-state index contributed by atoms with van der Waals surface area (Å²) in [6.07, 6.45) is 2.85. The molecule has 0 aliphatic heterocycles. The summed E-state index contributed by atoms with van der Waals surface area (Å²) >= 11 is 0. The Labute approximate surface area is 167 Å². The number of nitrogens with zero attached hydrogens (tertiary/aromatic N) is 1. The Morgan fingerprint density at radius 1 is 1.29 bits per heavy atom. The predicted molar refractivity (Wildman–Crippen MR) is 109 cm³/mol. The molecule has 1 aliphatic carbocycles. The van der Waals surface area contributed by atoms with Crippen LogP contribution in [0.15, 0.2) is 29.3 Å². The lowest BCUT2D eigenvalue weighted by atomic mass is 9.85. The van der Waals surface area contributed by atoms with Crippen molar-refractivity contribution in [3.05, 3.63) is 35.6 Å². The number of guanidine groups is 1. The van der Waals surface area contributed by atoms with Crippen LogP contribution in [0.2, 0.25) is 0 Å². The lowest BCUT2D eigenvalue weighted by Crippen LogP contribution is -2.47. The average molecular weight is 393 g/mol. The number of aliphatic hydroxyl groups is 1. The summed E-state index contributed by atoms with van der Waals surface area (Å²) in [5.41, 5.74) is 0.629. The first-order valence-corrected chi connectivity index (χ1v) is 10.2. The van der Waals surface area contributed by atoms with Crippen molar-refractivity contribution in [3.63, 3.8) is 0 Å². The molecule has 7 heteroatoms. The molecule has 6 nitrogen and oxygen atoms in total. The van der Waals surface area contributed by atoms with Gasteiger partial charge < -0.3 is 21.1 Å². The molecule has 4 N–H and O–H groups in total. The molecule has 1 fully saturated rings. The summed E-state index contributed by atoms with van der Waals surface area (Å²) in [4.78, 5) is 16.8. The van der Waals surface area contributed by atoms with Crippen LogP contribution in [0.5, 0.6) is 0 Å². The minimum atomic E-state index is -0.799. The van der Waals surface area contributed by atoms with Gasteiger partial charge in [0.05, 0.1) is 12.6 Å². The lowest BCUT2D eigenvalue weighted by molar-refractivity contribution is -0.126. The van der Waals surface area contributed by atoms with Crippen LogP contribution >= 0.6 is 0 Å². The summed E-state index contributed by atoms with van der Waals surface area (Å²) < 4.78 is 13.0. The molecular formula is C21H33FN4O2. The Kier molecular flexibility index (Phi) is 8.70. The van der Waals surface area contributed by atoms with E-state index in [4.69, 9.17) is 0 Å². The largest absolute Gasteiger partial charge is 0.386 e. The Bertz CT molecular complexity index is 648. The maximum Gasteiger partial charge on any atom is 0.223 e. The first kappa shape index (κ1) is 22.1. The zero-order valence-corrected chi connectivity index (χ0v) is 17.0. The van der Waals surface area contributed by atoms with Gasteiger partial charge in [0.2, 0.25) is 5.91 Å². The van der Waals surface area contributed by atoms with Crippen molar-refractivity contribution in [2.75, 3.05) is 13.1 Å². The van der Waals surface area contributed by atoms with E-state index in [-0.39, 0.29) is 36.3 Å². The lowest BCUT2D eigenvalue weighted by Gasteiger charge is -2.30. The molecule has 1 amide bonds. The minimum Gasteiger partial charge on any atom is -0.386 e. The fourth-order valence-corrected chi connectivity index (χ4v) is 3.44. The molecule has 3 atom stereocenters. The van der Waals surface area contributed by atoms with Crippen LogP contribution in [0.4, 0.5) is 4.39 Å². The number of aliphatic imine (C=N–C) groups is 1. The van der Waals surface area contributed by atoms with Crippen LogP contribution in [-0.2, 0) is 4.79 Å². The van der Waals surface area contributed by atoms with Gasteiger partial charge in [0.15, 0.2) is 5.96 Å². The SMILES string of the molecule is CCNC(=NCC(O)c1ccc(F)cc1)NC1CCCC(C(=O)NC(C)C)C1. The normalized spacial score (nSPS) is 21.3. The molecule has 0 spiro atoms. The van der Waals surface area contributed by atoms with Gasteiger partial charge in [-0.1, -0.05) is 18.6 Å². The van der Waals surface area contributed by atoms with Gasteiger partial charge in [-0.25, -0.2) is 4.39 Å². The van der Waals surface area contributed by atoms with E-state index in [0.29, 0.717) is 18.1 Å². The molecule has 2 rings (SSSR count). The highest BCUT2D eigenvalue weighted by Gasteiger charge is 2.28. The van der Waals surface area contributed by atoms with Crippen molar-refractivity contribution >= 4 is 11.9 Å². The maximum atomic E-state index is 13.0. The highest BCUT2D eigenvalue weighted by Crippen LogP contribution is 2.24. The van der Waals surface area contributed by atoms with Gasteiger partial charge in [-0.2, -0.15) is 0 Å². The molecule has 0 heterocycles. The highest BCUT2D eigenvalue weighted by atomic mass is 19.1. The van der Waals surface area contributed by atoms with Gasteiger partial charge in [0, 0.05) is 24.5 Å². The first-order chi connectivity index (χ1) is 13.4. The van der Waals surface area contributed by atoms with Gasteiger partial charge in [-0.05, 0) is 57.7 Å². The van der Waals surface area contributed by atoms with Crippen molar-refractivity contribution in [1.29, 1.82) is 0 Å². The third kappa shape index (κ3) is 7.11. The van der Waals surface area contributed by atoms with E-state index in [9.17, 15) is 14.3 Å². The summed E-state index contributed by atoms with van der Waals surface area (Å²) in [6, 6.07) is 6.10. The third-order valence-electron chi connectivity index (χ3n) is 4.84. The van der Waals surface area contributed by atoms with Crippen molar-refractivity contribution in [2.45, 2.75) is 64.6 Å². The number of amides is 1. The van der Waals surface area contributed by atoms with Gasteiger partial charge in [-0.15, -0.1) is 0 Å². The minimum absolute atomic E-state index is 0.0151. The van der Waals surface area contributed by atoms with Gasteiger partial charge in [-0.3, -0.25) is 9.79 Å². The zero-order chi connectivity index (χ0) is 20.5. The van der Waals surface area contributed by atoms with Gasteiger partial charge in [0.25, 0.3) is 0 Å². The molecule has 1 aromatic rings. The fourth-order valence-electron chi connectivity index (χ4n) is 3.44. The predicted octanol–water partition coefficient (Wildman–Crippen LogP) is 2.50. The molecule has 3 unspecified atom stereocenters. The van der Waals surface area contributed by atoms with E-state index in [0.717, 1.165) is 25.7 Å². The molecule has 0 aromatic heterocycles. The van der Waals surface area contributed by atoms with Crippen molar-refractivity contribution in [3.8, 4) is 0 Å². The molecule has 1 aliphatic rings. The molecule has 1 saturated carbocycles. The molecular weight excluding hydrogens is 359 g/mol. The second-order valence-electron chi connectivity index (χ2n) is 7.66. The van der Waals surface area contributed by atoms with E-state index in [1.54, 1.807) is 12.1 Å². The fraction of sp³-hybridized carbons (Fsp3) is 0.619. The number of carbonyl (C=O) groups is 1. The Morgan fingerprint density at radius 2 is 2.00 bits per heavy atom. The number of halogens is 1. The number of nitrogens with one attached hydrogen (secondary N) is 3. The number of rotatable bonds is 7. The van der Waals surface area contributed by atoms with Crippen LogP contribution in [-0.4, -0.2) is 42.1 Å². The number of carbonyl (C=O) groups excluding carboxylic acids is 1. The summed E-state index contributed by atoms with van der Waals surface area (Å²) in [6.45, 7) is 6.79. The smallest absolute Gasteiger partial charge is 0.223 e. The van der Waals surface area contributed by atoms with Crippen LogP contribution in [0.25, 0.3) is 0 Å². The number of hydrogen-bond donors (Lipinski definition) is 4. The standard InChI is InChI=1S/C21H33FN4O2/c1-4-23-21(24-13-19(27)15-8-10-17(22)11-9-15)26-18-7-5-6-16(12-18)20(28)25-14(2)3/h8-11,14,16,18-19,27H,4-7,12-13H2,1-3H3,(H,25,28)(H2,23,24,26). The number of aliphatic hydroxyl groups excluding tert-OH is 1. The monoisotopic (exact) mass is 392 g/mol. The van der Waals surface area contributed by atoms with Gasteiger partial charge >= 0.3 is 0 Å². The van der Waals surface area contributed by atoms with E-state index < -0.39 is 6.10 Å². The number of hydrogen-bond acceptors (Lipinski definition) is 3. The molecule has 28 heavy (non-hydrogen) atoms. The molecule has 0 radical (unpaired) electrons. The third-order valence-corrected chi connectivity index (χ3v) is 4.84. The zero-order valence-electron chi connectivity index (χ0n) is 17.0. The Morgan fingerprint density at radius 3 is 2.64 bits per heavy atom. The van der Waals surface area contributed by atoms with Crippen LogP contribution in [0.1, 0.15) is 58.1 Å². The van der Waals surface area contributed by atoms with Crippen LogP contribution in [0.3, 0.4) is 0 Å². The van der Waals surface area contributed by atoms with Crippen molar-refractivity contribution in [1.82, 2.24) is 16.0 Å². The average Bonchev–Trinajstić information content (AvgIpc) is 2.66. The van der Waals surface area contributed by atoms with E-state index in [2.05, 4.69) is 20.9 Å². The Hall–Kier alpha value is -2.15. The van der Waals surface area contributed by atoms with E-state index in [1.807, 2.05) is 20.8 Å². The van der Waals surface area contributed by atoms with E-state index >= 15 is 0 Å². The summed E-state index contributed by atoms with van der Waals surface area (Å²) in [7, 11) is 0. The topological polar surface area (TPSA) is 85.8 Å². The molecule has 1 aromatic carbocycles. The quantitative estimate of drug-likeness (QED) is 0.424. The van der Waals surface area contributed by atoms with Crippen molar-refractivity contribution < 1.29 is 14.3 Å². The molecule has 0 bridgehead atoms. The Balaban J connectivity index is 1.94. The highest BCUT2D eigenvalue weighted by molar-refractivity contribution is 5.81. The van der Waals surface area contributed by atoms with Crippen LogP contribution < -0.4 is 16.0 Å². The number of benzene rings is 1. The van der Waals surface area contributed by atoms with Gasteiger partial charge in [0.1, 0.15) is 5.82 Å².